The quantitative estimate of drug-likeness (QED) is 0.585. The van der Waals surface area contributed by atoms with Crippen molar-refractivity contribution in [3.63, 3.8) is 0 Å². The van der Waals surface area contributed by atoms with Crippen molar-refractivity contribution in [1.82, 2.24) is 0 Å². The molecule has 0 saturated carbocycles. The largest absolute Gasteiger partial charge is 0.253 e. The van der Waals surface area contributed by atoms with E-state index in [2.05, 4.69) is 45.0 Å². The summed E-state index contributed by atoms with van der Waals surface area (Å²) in [5.74, 6) is 0. The van der Waals surface area contributed by atoms with Crippen molar-refractivity contribution in [2.75, 3.05) is 0 Å². The second kappa shape index (κ2) is 4.80. The first-order valence-electron chi connectivity index (χ1n) is 4.58. The topological polar surface area (TPSA) is 12.4 Å². The summed E-state index contributed by atoms with van der Waals surface area (Å²) in [6.07, 6.45) is 2.80. The minimum Gasteiger partial charge on any atom is -0.253 e. The summed E-state index contributed by atoms with van der Waals surface area (Å²) in [7, 11) is 0. The van der Waals surface area contributed by atoms with Crippen LogP contribution in [-0.2, 0) is 0 Å². The zero-order valence-corrected chi connectivity index (χ0v) is 10.5. The number of aliphatic imine (C=N–C) groups is 1. The van der Waals surface area contributed by atoms with Crippen molar-refractivity contribution < 1.29 is 0 Å². The maximum atomic E-state index is 4.37. The molecule has 0 saturated heterocycles. The first-order valence-corrected chi connectivity index (χ1v) is 5.85. The molecule has 1 aromatic rings. The molecular weight excluding hydrogens is 210 g/mol. The van der Waals surface area contributed by atoms with Crippen LogP contribution in [0.15, 0.2) is 4.99 Å². The molecule has 1 nitrogen and oxygen atoms in total. The van der Waals surface area contributed by atoms with Gasteiger partial charge >= 0.3 is 0 Å². The van der Waals surface area contributed by atoms with Gasteiger partial charge in [0.1, 0.15) is 5.03 Å². The lowest BCUT2D eigenvalue weighted by Crippen LogP contribution is -2.19. The normalized spacial score (nSPS) is 13.7. The van der Waals surface area contributed by atoms with Gasteiger partial charge in [-0.2, -0.15) is 0 Å². The summed E-state index contributed by atoms with van der Waals surface area (Å²) < 4.78 is 1.09. The molecule has 76 valence electrons. The molecule has 0 atom stereocenters. The van der Waals surface area contributed by atoms with E-state index in [4.69, 9.17) is 0 Å². The average molecular weight is 225 g/mol. The molecule has 0 aliphatic carbocycles. The monoisotopic (exact) mass is 225 g/mol. The van der Waals surface area contributed by atoms with Crippen molar-refractivity contribution in [2.45, 2.75) is 27.2 Å². The van der Waals surface area contributed by atoms with Crippen LogP contribution in [0.3, 0.4) is 0 Å². The highest BCUT2D eigenvalue weighted by Gasteiger charge is 2.00. The van der Waals surface area contributed by atoms with Crippen LogP contribution in [0.2, 0.25) is 0 Å². The van der Waals surface area contributed by atoms with Crippen LogP contribution in [-0.4, -0.2) is 6.21 Å². The molecule has 1 heterocycles. The van der Waals surface area contributed by atoms with Crippen LogP contribution in [0.1, 0.15) is 23.8 Å². The summed E-state index contributed by atoms with van der Waals surface area (Å²) in [6.45, 7) is 10.3. The fourth-order valence-electron chi connectivity index (χ4n) is 1.09. The Morgan fingerprint density at radius 1 is 1.57 bits per heavy atom. The SMILES string of the molecule is C=c1c(C)c(C)s/c1=C(S)/N=C\CC. The van der Waals surface area contributed by atoms with Crippen molar-refractivity contribution in [3.05, 3.63) is 20.2 Å². The first-order chi connectivity index (χ1) is 6.57. The summed E-state index contributed by atoms with van der Waals surface area (Å²) in [4.78, 5) is 5.55. The number of hydrogen-bond donors (Lipinski definition) is 1. The Morgan fingerprint density at radius 3 is 2.64 bits per heavy atom. The predicted molar refractivity (Wildman–Crippen MR) is 69.7 cm³/mol. The lowest BCUT2D eigenvalue weighted by Gasteiger charge is -1.87. The van der Waals surface area contributed by atoms with Gasteiger partial charge in [0, 0.05) is 11.1 Å². The van der Waals surface area contributed by atoms with E-state index < -0.39 is 0 Å². The van der Waals surface area contributed by atoms with Crippen LogP contribution in [0.5, 0.6) is 0 Å². The molecule has 0 N–H and O–H groups in total. The van der Waals surface area contributed by atoms with E-state index in [1.807, 2.05) is 6.21 Å². The molecule has 0 unspecified atom stereocenters. The number of hydrogen-bond acceptors (Lipinski definition) is 3. The van der Waals surface area contributed by atoms with E-state index in [0.29, 0.717) is 0 Å². The lowest BCUT2D eigenvalue weighted by molar-refractivity contribution is 1.32. The van der Waals surface area contributed by atoms with E-state index in [1.165, 1.54) is 10.4 Å². The van der Waals surface area contributed by atoms with Gasteiger partial charge in [-0.05, 0) is 31.1 Å². The third kappa shape index (κ3) is 2.28. The van der Waals surface area contributed by atoms with Crippen molar-refractivity contribution in [1.29, 1.82) is 0 Å². The minimum atomic E-state index is 0.776. The average Bonchev–Trinajstić information content (AvgIpc) is 2.42. The van der Waals surface area contributed by atoms with E-state index in [0.717, 1.165) is 21.2 Å². The molecule has 0 aliphatic rings. The fraction of sp³-hybridized carbons (Fsp3) is 0.364. The first kappa shape index (κ1) is 11.5. The third-order valence-corrected chi connectivity index (χ3v) is 3.86. The Balaban J connectivity index is 3.38. The second-order valence-electron chi connectivity index (χ2n) is 3.13. The molecule has 14 heavy (non-hydrogen) atoms. The molecule has 1 rings (SSSR count). The van der Waals surface area contributed by atoms with Gasteiger partial charge in [0.05, 0.1) is 4.53 Å². The molecule has 0 aliphatic heterocycles. The van der Waals surface area contributed by atoms with Crippen LogP contribution in [0, 0.1) is 13.8 Å². The number of thiol groups is 1. The third-order valence-electron chi connectivity index (χ3n) is 2.11. The van der Waals surface area contributed by atoms with Crippen molar-refractivity contribution >= 4 is 41.8 Å². The van der Waals surface area contributed by atoms with Crippen LogP contribution in [0.4, 0.5) is 0 Å². The smallest absolute Gasteiger partial charge is 0.110 e. The molecule has 0 radical (unpaired) electrons. The highest BCUT2D eigenvalue weighted by Crippen LogP contribution is 2.07. The molecule has 1 aromatic heterocycles. The van der Waals surface area contributed by atoms with Crippen molar-refractivity contribution in [3.8, 4) is 0 Å². The summed E-state index contributed by atoms with van der Waals surface area (Å²) >= 11 is 6.08. The summed E-state index contributed by atoms with van der Waals surface area (Å²) in [5, 5.41) is 1.84. The van der Waals surface area contributed by atoms with Crippen LogP contribution in [0.25, 0.3) is 11.6 Å². The van der Waals surface area contributed by atoms with Gasteiger partial charge in [0.2, 0.25) is 0 Å². The summed E-state index contributed by atoms with van der Waals surface area (Å²) in [6, 6.07) is 0. The number of aryl methyl sites for hydroxylation is 1. The van der Waals surface area contributed by atoms with E-state index in [-0.39, 0.29) is 0 Å². The van der Waals surface area contributed by atoms with E-state index in [9.17, 15) is 0 Å². The molecule has 0 spiro atoms. The second-order valence-corrected chi connectivity index (χ2v) is 4.78. The predicted octanol–water partition coefficient (Wildman–Crippen LogP) is 2.25. The molecule has 0 amide bonds. The molecular formula is C11H15NS2. The van der Waals surface area contributed by atoms with Gasteiger partial charge < -0.3 is 0 Å². The van der Waals surface area contributed by atoms with Crippen molar-refractivity contribution in [2.24, 2.45) is 4.99 Å². The van der Waals surface area contributed by atoms with E-state index in [1.54, 1.807) is 11.3 Å². The van der Waals surface area contributed by atoms with Gasteiger partial charge in [-0.15, -0.1) is 24.0 Å². The molecule has 0 aromatic carbocycles. The van der Waals surface area contributed by atoms with Crippen LogP contribution >= 0.6 is 24.0 Å². The highest BCUT2D eigenvalue weighted by molar-refractivity contribution is 7.90. The van der Waals surface area contributed by atoms with Gasteiger partial charge in [-0.25, -0.2) is 0 Å². The van der Waals surface area contributed by atoms with Gasteiger partial charge in [-0.3, -0.25) is 4.99 Å². The minimum absolute atomic E-state index is 0.776. The number of rotatable bonds is 2. The lowest BCUT2D eigenvalue weighted by atomic mass is 10.2. The number of thiophene rings is 1. The summed E-state index contributed by atoms with van der Waals surface area (Å²) in [5.41, 5.74) is 1.25. The van der Waals surface area contributed by atoms with Gasteiger partial charge in [-0.1, -0.05) is 13.5 Å². The maximum Gasteiger partial charge on any atom is 0.110 e. The Hall–Kier alpha value is -0.540. The fourth-order valence-corrected chi connectivity index (χ4v) is 2.45. The standard InChI is InChI=1S/C11H15NS2/c1-5-6-12-11(13)10-8(3)7(2)9(4)14-10/h6,13H,3,5H2,1-2,4H3/b11-10-,12-6-. The Kier molecular flexibility index (Phi) is 3.96. The Morgan fingerprint density at radius 2 is 2.21 bits per heavy atom. The Bertz CT molecular complexity index is 454. The molecule has 0 bridgehead atoms. The molecule has 3 heteroatoms. The maximum absolute atomic E-state index is 4.37. The zero-order valence-electron chi connectivity index (χ0n) is 8.79. The van der Waals surface area contributed by atoms with Crippen LogP contribution < -0.4 is 9.75 Å². The molecule has 0 fully saturated rings. The number of nitrogens with zero attached hydrogens (tertiary/aromatic N) is 1. The van der Waals surface area contributed by atoms with E-state index >= 15 is 0 Å². The highest BCUT2D eigenvalue weighted by atomic mass is 32.1. The van der Waals surface area contributed by atoms with Gasteiger partial charge in [0.25, 0.3) is 0 Å². The Labute approximate surface area is 94.3 Å². The zero-order chi connectivity index (χ0) is 10.7. The van der Waals surface area contributed by atoms with Gasteiger partial charge in [0.15, 0.2) is 0 Å².